The highest BCUT2D eigenvalue weighted by atomic mass is 35.5. The van der Waals surface area contributed by atoms with Crippen LogP contribution in [0.1, 0.15) is 5.56 Å². The number of halogens is 1. The third-order valence-corrected chi connectivity index (χ3v) is 2.55. The largest absolute Gasteiger partial charge is 0.495 e. The van der Waals surface area contributed by atoms with E-state index < -0.39 is 0 Å². The van der Waals surface area contributed by atoms with Crippen molar-refractivity contribution < 1.29 is 9.47 Å². The lowest BCUT2D eigenvalue weighted by Crippen LogP contribution is -1.92. The molecule has 0 N–H and O–H groups in total. The van der Waals surface area contributed by atoms with E-state index in [1.807, 2.05) is 36.4 Å². The third-order valence-electron chi connectivity index (χ3n) is 2.25. The van der Waals surface area contributed by atoms with Crippen LogP contribution in [0.3, 0.4) is 0 Å². The average molecular weight is 248 g/mol. The van der Waals surface area contributed by atoms with E-state index in [1.165, 1.54) is 0 Å². The van der Waals surface area contributed by atoms with Crippen LogP contribution >= 0.6 is 11.6 Å². The van der Waals surface area contributed by atoms with Crippen LogP contribution in [-0.4, -0.2) is 7.11 Å². The molecular weight excluding hydrogens is 236 g/mol. The zero-order valence-corrected chi connectivity index (χ0v) is 10.1. The second-order valence-corrected chi connectivity index (χ2v) is 3.85. The van der Waals surface area contributed by atoms with Gasteiger partial charge in [0.25, 0.3) is 0 Å². The summed E-state index contributed by atoms with van der Waals surface area (Å²) in [5.41, 5.74) is 0.999. The molecule has 0 amide bonds. The highest BCUT2D eigenvalue weighted by molar-refractivity contribution is 6.32. The summed E-state index contributed by atoms with van der Waals surface area (Å²) in [7, 11) is 1.58. The molecule has 17 heavy (non-hydrogen) atoms. The Labute approximate surface area is 106 Å². The fourth-order valence-electron chi connectivity index (χ4n) is 1.39. The molecule has 2 aromatic rings. The number of hydrogen-bond donors (Lipinski definition) is 0. The van der Waals surface area contributed by atoms with E-state index in [2.05, 4.69) is 0 Å². The predicted molar refractivity (Wildman–Crippen MR) is 68.5 cm³/mol. The van der Waals surface area contributed by atoms with Gasteiger partial charge < -0.3 is 9.47 Å². The molecule has 0 spiro atoms. The van der Waals surface area contributed by atoms with Crippen LogP contribution in [-0.2, 0) is 0 Å². The molecule has 0 heterocycles. The Morgan fingerprint density at radius 1 is 1.06 bits per heavy atom. The zero-order valence-electron chi connectivity index (χ0n) is 9.39. The van der Waals surface area contributed by atoms with Crippen LogP contribution in [0, 0.1) is 6.61 Å². The van der Waals surface area contributed by atoms with Crippen LogP contribution in [0.15, 0.2) is 48.5 Å². The van der Waals surface area contributed by atoms with Crippen LogP contribution in [0.2, 0.25) is 5.02 Å². The fraction of sp³-hybridized carbons (Fsp3) is 0.0714. The topological polar surface area (TPSA) is 18.5 Å². The molecule has 0 saturated carbocycles. The maximum absolute atomic E-state index is 5.99. The van der Waals surface area contributed by atoms with Crippen LogP contribution in [0.25, 0.3) is 0 Å². The quantitative estimate of drug-likeness (QED) is 0.815. The lowest BCUT2D eigenvalue weighted by molar-refractivity contribution is 0.408. The van der Waals surface area contributed by atoms with Gasteiger partial charge in [0.1, 0.15) is 11.5 Å². The first-order chi connectivity index (χ1) is 8.29. The van der Waals surface area contributed by atoms with Crippen LogP contribution < -0.4 is 9.47 Å². The Bertz CT molecular complexity index is 483. The minimum Gasteiger partial charge on any atom is -0.495 e. The first-order valence-corrected chi connectivity index (χ1v) is 5.56. The minimum absolute atomic E-state index is 0.534. The van der Waals surface area contributed by atoms with Crippen LogP contribution in [0.4, 0.5) is 0 Å². The highest BCUT2D eigenvalue weighted by Gasteiger charge is 2.03. The van der Waals surface area contributed by atoms with Gasteiger partial charge in [-0.3, -0.25) is 0 Å². The van der Waals surface area contributed by atoms with Gasteiger partial charge in [0, 0.05) is 6.07 Å². The maximum atomic E-state index is 5.99. The molecule has 2 aromatic carbocycles. The van der Waals surface area contributed by atoms with Crippen LogP contribution in [0.5, 0.6) is 11.5 Å². The molecule has 0 bridgehead atoms. The molecule has 0 aliphatic carbocycles. The van der Waals surface area contributed by atoms with Crippen molar-refractivity contribution in [3.05, 3.63) is 65.7 Å². The summed E-state index contributed by atoms with van der Waals surface area (Å²) in [5, 5.41) is 0.534. The van der Waals surface area contributed by atoms with Crippen molar-refractivity contribution in [3.8, 4) is 11.5 Å². The lowest BCUT2D eigenvalue weighted by Gasteiger charge is -2.07. The zero-order chi connectivity index (χ0) is 12.1. The van der Waals surface area contributed by atoms with Gasteiger partial charge in [0.15, 0.2) is 6.61 Å². The second-order valence-electron chi connectivity index (χ2n) is 3.44. The van der Waals surface area contributed by atoms with Crippen molar-refractivity contribution in [2.24, 2.45) is 0 Å². The monoisotopic (exact) mass is 247 g/mol. The van der Waals surface area contributed by atoms with Crippen molar-refractivity contribution in [1.82, 2.24) is 0 Å². The van der Waals surface area contributed by atoms with Crippen molar-refractivity contribution in [2.45, 2.75) is 0 Å². The van der Waals surface area contributed by atoms with E-state index in [0.29, 0.717) is 16.5 Å². The van der Waals surface area contributed by atoms with Crippen molar-refractivity contribution >= 4 is 11.6 Å². The molecule has 2 rings (SSSR count). The summed E-state index contributed by atoms with van der Waals surface area (Å²) < 4.78 is 10.6. The molecule has 0 unspecified atom stereocenters. The van der Waals surface area contributed by atoms with E-state index in [-0.39, 0.29) is 0 Å². The highest BCUT2D eigenvalue weighted by Crippen LogP contribution is 2.28. The van der Waals surface area contributed by atoms with Gasteiger partial charge in [-0.25, -0.2) is 0 Å². The summed E-state index contributed by atoms with van der Waals surface area (Å²) >= 11 is 5.99. The second kappa shape index (κ2) is 5.60. The number of hydrogen-bond acceptors (Lipinski definition) is 2. The first-order valence-electron chi connectivity index (χ1n) is 5.18. The van der Waals surface area contributed by atoms with Gasteiger partial charge in [0.2, 0.25) is 0 Å². The molecule has 1 radical (unpaired) electrons. The summed E-state index contributed by atoms with van der Waals surface area (Å²) in [6.07, 6.45) is 0. The Kier molecular flexibility index (Phi) is 3.89. The SMILES string of the molecule is COc1ccc(O[CH]c2ccccc2)cc1Cl. The number of benzene rings is 2. The maximum Gasteiger partial charge on any atom is 0.165 e. The normalized spacial score (nSPS) is 10.0. The van der Waals surface area contributed by atoms with E-state index in [1.54, 1.807) is 25.8 Å². The van der Waals surface area contributed by atoms with Gasteiger partial charge in [-0.05, 0) is 17.7 Å². The summed E-state index contributed by atoms with van der Waals surface area (Å²) in [6.45, 7) is 1.68. The standard InChI is InChI=1S/C14H12ClO2/c1-16-14-8-7-12(9-13(14)15)17-10-11-5-3-2-4-6-11/h2-10H,1H3. The predicted octanol–water partition coefficient (Wildman–Crippen LogP) is 3.94. The summed E-state index contributed by atoms with van der Waals surface area (Å²) in [6, 6.07) is 15.1. The van der Waals surface area contributed by atoms with E-state index in [0.717, 1.165) is 5.56 Å². The molecule has 0 fully saturated rings. The fourth-order valence-corrected chi connectivity index (χ4v) is 1.64. The minimum atomic E-state index is 0.534. The van der Waals surface area contributed by atoms with Crippen molar-refractivity contribution in [1.29, 1.82) is 0 Å². The molecule has 0 aromatic heterocycles. The van der Waals surface area contributed by atoms with Gasteiger partial charge in [-0.1, -0.05) is 41.9 Å². The van der Waals surface area contributed by atoms with Gasteiger partial charge in [-0.15, -0.1) is 0 Å². The molecule has 2 nitrogen and oxygen atoms in total. The molecular formula is C14H12ClO2. The molecule has 87 valence electrons. The number of rotatable bonds is 4. The smallest absolute Gasteiger partial charge is 0.165 e. The van der Waals surface area contributed by atoms with Gasteiger partial charge >= 0.3 is 0 Å². The lowest BCUT2D eigenvalue weighted by atomic mass is 10.2. The number of ether oxygens (including phenoxy) is 2. The van der Waals surface area contributed by atoms with Gasteiger partial charge in [0.05, 0.1) is 12.1 Å². The summed E-state index contributed by atoms with van der Waals surface area (Å²) in [5.74, 6) is 1.32. The van der Waals surface area contributed by atoms with Crippen molar-refractivity contribution in [3.63, 3.8) is 0 Å². The van der Waals surface area contributed by atoms with Gasteiger partial charge in [-0.2, -0.15) is 0 Å². The van der Waals surface area contributed by atoms with E-state index in [4.69, 9.17) is 21.1 Å². The Hall–Kier alpha value is -1.67. The molecule has 0 aliphatic rings. The average Bonchev–Trinajstić information content (AvgIpc) is 2.38. The molecule has 3 heteroatoms. The molecule has 0 aliphatic heterocycles. The Morgan fingerprint density at radius 2 is 1.82 bits per heavy atom. The number of methoxy groups -OCH3 is 1. The molecule has 0 saturated heterocycles. The molecule has 0 atom stereocenters. The third kappa shape index (κ3) is 3.14. The Balaban J connectivity index is 2.02. The Morgan fingerprint density at radius 3 is 2.47 bits per heavy atom. The first kappa shape index (κ1) is 11.8. The van der Waals surface area contributed by atoms with E-state index >= 15 is 0 Å². The van der Waals surface area contributed by atoms with E-state index in [9.17, 15) is 0 Å². The summed E-state index contributed by atoms with van der Waals surface area (Å²) in [4.78, 5) is 0. The van der Waals surface area contributed by atoms with Crippen molar-refractivity contribution in [2.75, 3.05) is 7.11 Å².